The van der Waals surface area contributed by atoms with E-state index in [4.69, 9.17) is 0 Å². The molecule has 0 radical (unpaired) electrons. The van der Waals surface area contributed by atoms with Gasteiger partial charge in [-0.15, -0.1) is 0 Å². The number of allylic oxidation sites excluding steroid dienone is 2. The first kappa shape index (κ1) is 34.3. The van der Waals surface area contributed by atoms with Crippen LogP contribution in [-0.4, -0.2) is 19.7 Å². The van der Waals surface area contributed by atoms with E-state index >= 15 is 0 Å². The smallest absolute Gasteiger partial charge is 0.104 e. The van der Waals surface area contributed by atoms with Crippen LogP contribution in [0.25, 0.3) is 82.5 Å². The standard InChI is InChI=1S/C56H34N6/c57-33-43-53(59-45-25-9-1-17-35(45)36-18-2-10-26-46(36)59)44(34-58)55(61-49-29-13-5-21-39(49)40-22-6-14-30-50(40)61)56(62-51-31-15-7-23-41(51)42-24-8-16-32-52(42)62)54(43)60-47-27-11-3-19-37(47)38-20-4-12-28-48(38)60/h1-32,35,45H. The second kappa shape index (κ2) is 13.0. The molecule has 0 bridgehead atoms. The number of nitrogens with zero attached hydrogens (tertiary/aromatic N) is 6. The van der Waals surface area contributed by atoms with Gasteiger partial charge in [-0.3, -0.25) is 0 Å². The van der Waals surface area contributed by atoms with E-state index in [9.17, 15) is 10.5 Å². The summed E-state index contributed by atoms with van der Waals surface area (Å²) in [4.78, 5) is 2.28. The highest BCUT2D eigenvalue weighted by Crippen LogP contribution is 2.54. The Kier molecular flexibility index (Phi) is 7.17. The maximum absolute atomic E-state index is 12.1. The van der Waals surface area contributed by atoms with Crippen LogP contribution in [0.2, 0.25) is 0 Å². The van der Waals surface area contributed by atoms with E-state index in [0.29, 0.717) is 28.2 Å². The number of benzene rings is 8. The second-order valence-corrected chi connectivity index (χ2v) is 16.2. The molecule has 13 rings (SSSR count). The molecule has 288 valence electrons. The fourth-order valence-electron chi connectivity index (χ4n) is 10.8. The van der Waals surface area contributed by atoms with Crippen molar-refractivity contribution >= 4 is 76.8 Å². The van der Waals surface area contributed by atoms with E-state index in [0.717, 1.165) is 82.4 Å². The molecule has 6 heteroatoms. The molecule has 0 fully saturated rings. The molecule has 62 heavy (non-hydrogen) atoms. The van der Waals surface area contributed by atoms with Crippen LogP contribution in [-0.2, 0) is 0 Å². The Labute approximate surface area is 356 Å². The molecule has 2 atom stereocenters. The molecule has 2 unspecified atom stereocenters. The van der Waals surface area contributed by atoms with E-state index in [1.165, 1.54) is 0 Å². The Bertz CT molecular complexity index is 3560. The molecule has 1 aliphatic heterocycles. The zero-order valence-corrected chi connectivity index (χ0v) is 33.3. The maximum Gasteiger partial charge on any atom is 0.104 e. The number of para-hydroxylation sites is 7. The normalized spacial score (nSPS) is 15.5. The third-order valence-corrected chi connectivity index (χ3v) is 13.2. The minimum Gasteiger partial charge on any atom is -0.331 e. The Hall–Kier alpha value is -8.58. The van der Waals surface area contributed by atoms with Gasteiger partial charge in [0.05, 0.1) is 61.9 Å². The van der Waals surface area contributed by atoms with Crippen molar-refractivity contribution in [2.45, 2.75) is 12.0 Å². The highest BCUT2D eigenvalue weighted by atomic mass is 15.2. The highest BCUT2D eigenvalue weighted by molar-refractivity contribution is 6.15. The molecule has 1 aliphatic carbocycles. The van der Waals surface area contributed by atoms with Crippen LogP contribution in [0.5, 0.6) is 0 Å². The van der Waals surface area contributed by atoms with Crippen molar-refractivity contribution in [1.29, 1.82) is 10.5 Å². The van der Waals surface area contributed by atoms with Crippen LogP contribution in [0.4, 0.5) is 11.4 Å². The molecular formula is C56H34N6. The van der Waals surface area contributed by atoms with Gasteiger partial charge in [-0.1, -0.05) is 152 Å². The lowest BCUT2D eigenvalue weighted by molar-refractivity contribution is 0.743. The zero-order valence-electron chi connectivity index (χ0n) is 33.3. The third-order valence-electron chi connectivity index (χ3n) is 13.2. The number of nitriles is 2. The van der Waals surface area contributed by atoms with E-state index < -0.39 is 0 Å². The predicted molar refractivity (Wildman–Crippen MR) is 252 cm³/mol. The molecule has 0 spiro atoms. The molecule has 11 aromatic rings. The number of aromatic nitrogens is 3. The van der Waals surface area contributed by atoms with Gasteiger partial charge >= 0.3 is 0 Å². The van der Waals surface area contributed by atoms with Crippen LogP contribution in [0, 0.1) is 22.7 Å². The lowest BCUT2D eigenvalue weighted by Gasteiger charge is -2.33. The van der Waals surface area contributed by atoms with E-state index in [-0.39, 0.29) is 12.0 Å². The molecule has 0 N–H and O–H groups in total. The van der Waals surface area contributed by atoms with Gasteiger partial charge in [0.2, 0.25) is 0 Å². The minimum atomic E-state index is -0.173. The largest absolute Gasteiger partial charge is 0.331 e. The lowest BCUT2D eigenvalue weighted by atomic mass is 9.91. The number of hydrogen-bond acceptors (Lipinski definition) is 3. The second-order valence-electron chi connectivity index (χ2n) is 16.2. The predicted octanol–water partition coefficient (Wildman–Crippen LogP) is 13.5. The monoisotopic (exact) mass is 790 g/mol. The third kappa shape index (κ3) is 4.45. The Morgan fingerprint density at radius 3 is 1.10 bits per heavy atom. The van der Waals surface area contributed by atoms with Gasteiger partial charge in [0.1, 0.15) is 23.3 Å². The molecule has 0 amide bonds. The number of hydrogen-bond donors (Lipinski definition) is 0. The van der Waals surface area contributed by atoms with Gasteiger partial charge in [0.15, 0.2) is 0 Å². The van der Waals surface area contributed by atoms with Gasteiger partial charge in [-0.05, 0) is 48.0 Å². The quantitative estimate of drug-likeness (QED) is 0.178. The van der Waals surface area contributed by atoms with E-state index in [1.54, 1.807) is 0 Å². The lowest BCUT2D eigenvalue weighted by Crippen LogP contribution is -2.31. The summed E-state index contributed by atoms with van der Waals surface area (Å²) in [6.45, 7) is 0. The van der Waals surface area contributed by atoms with Gasteiger partial charge in [0, 0.05) is 43.9 Å². The van der Waals surface area contributed by atoms with Crippen LogP contribution >= 0.6 is 0 Å². The molecule has 3 aromatic heterocycles. The van der Waals surface area contributed by atoms with Crippen LogP contribution in [0.3, 0.4) is 0 Å². The molecule has 0 saturated heterocycles. The number of fused-ring (bicyclic) bond motifs is 12. The first-order chi connectivity index (χ1) is 30.8. The van der Waals surface area contributed by atoms with Crippen molar-refractivity contribution in [3.8, 4) is 29.2 Å². The number of anilines is 2. The SMILES string of the molecule is N#Cc1c(N2c3ccccc3C3C=CC=CC32)c(C#N)c(-n2c3ccccc3c3ccccc32)c(-n2c3ccccc3c3ccccc32)c1-n1c2ccccc2c2ccccc21. The van der Waals surface area contributed by atoms with Gasteiger partial charge in [0.25, 0.3) is 0 Å². The summed E-state index contributed by atoms with van der Waals surface area (Å²) in [5.41, 5.74) is 11.6. The van der Waals surface area contributed by atoms with E-state index in [2.05, 4.69) is 225 Å². The van der Waals surface area contributed by atoms with E-state index in [1.807, 2.05) is 0 Å². The summed E-state index contributed by atoms with van der Waals surface area (Å²) < 4.78 is 6.90. The van der Waals surface area contributed by atoms with Crippen molar-refractivity contribution in [1.82, 2.24) is 13.7 Å². The Morgan fingerprint density at radius 2 is 0.694 bits per heavy atom. The maximum atomic E-state index is 12.1. The summed E-state index contributed by atoms with van der Waals surface area (Å²) in [6, 6.07) is 64.8. The van der Waals surface area contributed by atoms with Crippen molar-refractivity contribution in [2.75, 3.05) is 4.90 Å². The van der Waals surface area contributed by atoms with Crippen molar-refractivity contribution in [2.24, 2.45) is 0 Å². The average molecular weight is 791 g/mol. The molecule has 4 heterocycles. The zero-order chi connectivity index (χ0) is 41.1. The van der Waals surface area contributed by atoms with Gasteiger partial charge in [-0.2, -0.15) is 10.5 Å². The van der Waals surface area contributed by atoms with Gasteiger partial charge in [-0.25, -0.2) is 0 Å². The van der Waals surface area contributed by atoms with Crippen molar-refractivity contribution < 1.29 is 0 Å². The molecule has 6 nitrogen and oxygen atoms in total. The van der Waals surface area contributed by atoms with Crippen LogP contribution in [0.15, 0.2) is 194 Å². The Balaban J connectivity index is 1.36. The molecule has 8 aromatic carbocycles. The van der Waals surface area contributed by atoms with Crippen molar-refractivity contribution in [3.63, 3.8) is 0 Å². The van der Waals surface area contributed by atoms with Crippen molar-refractivity contribution in [3.05, 3.63) is 211 Å². The fourth-order valence-corrected chi connectivity index (χ4v) is 10.8. The topological polar surface area (TPSA) is 65.6 Å². The van der Waals surface area contributed by atoms with Crippen LogP contribution < -0.4 is 4.90 Å². The summed E-state index contributed by atoms with van der Waals surface area (Å²) >= 11 is 0. The Morgan fingerprint density at radius 1 is 0.355 bits per heavy atom. The summed E-state index contributed by atoms with van der Waals surface area (Å²) in [5, 5.41) is 30.8. The highest BCUT2D eigenvalue weighted by Gasteiger charge is 2.42. The first-order valence-corrected chi connectivity index (χ1v) is 21.0. The minimum absolute atomic E-state index is 0.0275. The summed E-state index contributed by atoms with van der Waals surface area (Å²) in [7, 11) is 0. The first-order valence-electron chi connectivity index (χ1n) is 21.0. The summed E-state index contributed by atoms with van der Waals surface area (Å²) in [6.07, 6.45) is 8.66. The molecule has 0 saturated carbocycles. The summed E-state index contributed by atoms with van der Waals surface area (Å²) in [5.74, 6) is 0.0275. The molecule has 2 aliphatic rings. The van der Waals surface area contributed by atoms with Crippen LogP contribution in [0.1, 0.15) is 22.6 Å². The average Bonchev–Trinajstić information content (AvgIpc) is 4.06. The fraction of sp³-hybridized carbons (Fsp3) is 0.0357. The number of rotatable bonds is 4. The molecular weight excluding hydrogens is 757 g/mol. The van der Waals surface area contributed by atoms with Gasteiger partial charge < -0.3 is 18.6 Å².